The quantitative estimate of drug-likeness (QED) is 0.280. The first kappa shape index (κ1) is 25.1. The van der Waals surface area contributed by atoms with Crippen molar-refractivity contribution in [2.45, 2.75) is 57.9 Å². The van der Waals surface area contributed by atoms with Gasteiger partial charge in [0.15, 0.2) is 11.3 Å². The Labute approximate surface area is 218 Å². The third kappa shape index (κ3) is 4.75. The molecule has 2 aromatic carbocycles. The van der Waals surface area contributed by atoms with Gasteiger partial charge in [-0.25, -0.2) is 9.97 Å². The summed E-state index contributed by atoms with van der Waals surface area (Å²) in [7, 11) is 0. The van der Waals surface area contributed by atoms with E-state index in [0.29, 0.717) is 6.42 Å². The molecule has 0 unspecified atom stereocenters. The van der Waals surface area contributed by atoms with Crippen LogP contribution >= 0.6 is 0 Å². The monoisotopic (exact) mass is 493 g/mol. The number of nitrogens with zero attached hydrogens (tertiary/aromatic N) is 4. The topological polar surface area (TPSA) is 89.3 Å². The van der Waals surface area contributed by atoms with E-state index < -0.39 is 5.54 Å². The van der Waals surface area contributed by atoms with Gasteiger partial charge >= 0.3 is 0 Å². The average Bonchev–Trinajstić information content (AvgIpc) is 3.35. The molecule has 0 spiro atoms. The van der Waals surface area contributed by atoms with Gasteiger partial charge in [-0.15, -0.1) is 0 Å². The van der Waals surface area contributed by atoms with Gasteiger partial charge in [-0.05, 0) is 30.0 Å². The lowest BCUT2D eigenvalue weighted by atomic mass is 9.83. The van der Waals surface area contributed by atoms with E-state index in [1.165, 1.54) is 0 Å². The minimum Gasteiger partial charge on any atom is -0.396 e. The number of pyridine rings is 1. The predicted octanol–water partition coefficient (Wildman–Crippen LogP) is 6.25. The van der Waals surface area contributed by atoms with Crippen LogP contribution in [-0.2, 0) is 11.0 Å². The van der Waals surface area contributed by atoms with Gasteiger partial charge in [-0.3, -0.25) is 0 Å². The third-order valence-corrected chi connectivity index (χ3v) is 7.10. The Morgan fingerprint density at radius 3 is 2.30 bits per heavy atom. The maximum absolute atomic E-state index is 9.62. The second-order valence-corrected chi connectivity index (χ2v) is 10.9. The summed E-state index contributed by atoms with van der Waals surface area (Å²) >= 11 is 0. The summed E-state index contributed by atoms with van der Waals surface area (Å²) in [4.78, 5) is 9.88. The maximum atomic E-state index is 9.62. The van der Waals surface area contributed by atoms with Crippen LogP contribution in [0.2, 0.25) is 0 Å². The Balaban J connectivity index is 1.71. The first-order valence-electron chi connectivity index (χ1n) is 13.0. The highest BCUT2D eigenvalue weighted by molar-refractivity contribution is 5.90. The average molecular weight is 494 g/mol. The molecule has 0 fully saturated rings. The smallest absolute Gasteiger partial charge is 0.165 e. The van der Waals surface area contributed by atoms with Gasteiger partial charge in [0.2, 0.25) is 0 Å². The van der Waals surface area contributed by atoms with E-state index in [2.05, 4.69) is 75.1 Å². The first-order valence-corrected chi connectivity index (χ1v) is 13.0. The van der Waals surface area contributed by atoms with E-state index >= 15 is 0 Å². The lowest BCUT2D eigenvalue weighted by molar-refractivity contribution is 0.230. The molecule has 5 aromatic rings. The zero-order chi connectivity index (χ0) is 26.2. The van der Waals surface area contributed by atoms with Crippen molar-refractivity contribution in [2.24, 2.45) is 5.73 Å². The number of fused-ring (bicyclic) bond motifs is 3. The predicted molar refractivity (Wildman–Crippen MR) is 150 cm³/mol. The van der Waals surface area contributed by atoms with Gasteiger partial charge in [0.25, 0.3) is 0 Å². The van der Waals surface area contributed by atoms with Crippen molar-refractivity contribution in [3.05, 3.63) is 84.2 Å². The zero-order valence-electron chi connectivity index (χ0n) is 22.1. The highest BCUT2D eigenvalue weighted by Gasteiger charge is 2.26. The molecule has 0 aliphatic rings. The molecule has 3 heterocycles. The normalized spacial score (nSPS) is 13.8. The van der Waals surface area contributed by atoms with Crippen molar-refractivity contribution in [1.29, 1.82) is 0 Å². The molecule has 6 nitrogen and oxygen atoms in total. The second-order valence-electron chi connectivity index (χ2n) is 10.9. The molecule has 37 heavy (non-hydrogen) atoms. The molecular formula is C31H35N5O. The van der Waals surface area contributed by atoms with Crippen LogP contribution in [0.15, 0.2) is 72.9 Å². The molecule has 0 aliphatic heterocycles. The number of aliphatic hydroxyl groups is 1. The summed E-state index contributed by atoms with van der Waals surface area (Å²) in [6.45, 7) is 8.63. The van der Waals surface area contributed by atoms with Crippen LogP contribution in [0.3, 0.4) is 0 Å². The maximum Gasteiger partial charge on any atom is 0.165 e. The van der Waals surface area contributed by atoms with Crippen LogP contribution in [-0.4, -0.2) is 31.3 Å². The molecular weight excluding hydrogens is 458 g/mol. The molecule has 3 N–H and O–H groups in total. The highest BCUT2D eigenvalue weighted by Crippen LogP contribution is 2.35. The lowest BCUT2D eigenvalue weighted by Crippen LogP contribution is -2.37. The molecule has 1 atom stereocenters. The Kier molecular flexibility index (Phi) is 6.56. The number of benzene rings is 2. The molecule has 190 valence electrons. The Morgan fingerprint density at radius 2 is 1.65 bits per heavy atom. The van der Waals surface area contributed by atoms with Gasteiger partial charge in [0.1, 0.15) is 0 Å². The highest BCUT2D eigenvalue weighted by atomic mass is 16.3. The van der Waals surface area contributed by atoms with Gasteiger partial charge in [0.05, 0.1) is 11.4 Å². The van der Waals surface area contributed by atoms with E-state index in [9.17, 15) is 5.11 Å². The number of hydrogen-bond acceptors (Lipinski definition) is 5. The van der Waals surface area contributed by atoms with Crippen molar-refractivity contribution in [3.8, 4) is 22.4 Å². The van der Waals surface area contributed by atoms with Crippen molar-refractivity contribution in [1.82, 2.24) is 19.6 Å². The van der Waals surface area contributed by atoms with E-state index in [0.717, 1.165) is 63.2 Å². The third-order valence-electron chi connectivity index (χ3n) is 7.10. The molecule has 0 amide bonds. The van der Waals surface area contributed by atoms with Crippen molar-refractivity contribution in [2.75, 3.05) is 6.61 Å². The van der Waals surface area contributed by atoms with Crippen LogP contribution in [0.25, 0.3) is 39.1 Å². The number of rotatable bonds is 7. The fourth-order valence-corrected chi connectivity index (χ4v) is 4.98. The Bertz CT molecular complexity index is 1530. The van der Waals surface area contributed by atoms with Crippen LogP contribution < -0.4 is 5.73 Å². The Morgan fingerprint density at radius 1 is 0.919 bits per heavy atom. The first-order chi connectivity index (χ1) is 17.7. The van der Waals surface area contributed by atoms with Crippen molar-refractivity contribution in [3.63, 3.8) is 0 Å². The molecule has 3 aromatic heterocycles. The number of hydrogen-bond donors (Lipinski definition) is 2. The van der Waals surface area contributed by atoms with E-state index in [-0.39, 0.29) is 12.0 Å². The number of aromatic nitrogens is 4. The van der Waals surface area contributed by atoms with E-state index in [4.69, 9.17) is 15.8 Å². The fraction of sp³-hybridized carbons (Fsp3) is 0.323. The molecule has 0 saturated carbocycles. The van der Waals surface area contributed by atoms with Crippen LogP contribution in [0.5, 0.6) is 0 Å². The molecule has 0 radical (unpaired) electrons. The van der Waals surface area contributed by atoms with Gasteiger partial charge in [-0.1, -0.05) is 88.7 Å². The standard InChI is InChI=1S/C31H35N5O/c1-5-15-31(32,16-17-37)24-13-11-22(12-14-24)28-25(21-9-7-6-8-10-21)18-23-20-33-27-19-26(30(2,3)4)35-36(27)29(23)34-28/h6-14,18-20,37H,5,15-17,32H2,1-4H3/t31-/m0/s1. The van der Waals surface area contributed by atoms with E-state index in [1.807, 2.05) is 35.0 Å². The number of nitrogens with two attached hydrogens (primary N) is 1. The van der Waals surface area contributed by atoms with Gasteiger partial charge in [-0.2, -0.15) is 9.61 Å². The molecule has 0 bridgehead atoms. The summed E-state index contributed by atoms with van der Waals surface area (Å²) < 4.78 is 1.86. The van der Waals surface area contributed by atoms with Crippen LogP contribution in [0.4, 0.5) is 0 Å². The van der Waals surface area contributed by atoms with Crippen LogP contribution in [0, 0.1) is 0 Å². The minimum atomic E-state index is -0.544. The van der Waals surface area contributed by atoms with Crippen molar-refractivity contribution < 1.29 is 5.11 Å². The summed E-state index contributed by atoms with van der Waals surface area (Å²) in [6.07, 6.45) is 4.18. The molecule has 0 aliphatic carbocycles. The molecule has 5 rings (SSSR count). The fourth-order valence-electron chi connectivity index (χ4n) is 4.98. The summed E-state index contributed by atoms with van der Waals surface area (Å²) in [5.74, 6) is 0. The largest absolute Gasteiger partial charge is 0.396 e. The van der Waals surface area contributed by atoms with E-state index in [1.54, 1.807) is 0 Å². The zero-order valence-corrected chi connectivity index (χ0v) is 22.1. The summed E-state index contributed by atoms with van der Waals surface area (Å²) in [5.41, 5.74) is 13.7. The summed E-state index contributed by atoms with van der Waals surface area (Å²) in [5, 5.41) is 15.4. The SMILES string of the molecule is CCC[C@](N)(CCO)c1ccc(-c2nc3c(cnc4cc(C(C)(C)C)nn43)cc2-c2ccccc2)cc1. The van der Waals surface area contributed by atoms with Gasteiger partial charge in [0, 0.05) is 46.3 Å². The molecule has 0 saturated heterocycles. The lowest BCUT2D eigenvalue weighted by Gasteiger charge is -2.29. The second kappa shape index (κ2) is 9.69. The molecule has 6 heteroatoms. The van der Waals surface area contributed by atoms with Gasteiger partial charge < -0.3 is 10.8 Å². The van der Waals surface area contributed by atoms with Crippen LogP contribution in [0.1, 0.15) is 58.2 Å². The summed E-state index contributed by atoms with van der Waals surface area (Å²) in [6, 6.07) is 22.8. The minimum absolute atomic E-state index is 0.0626. The number of aliphatic hydroxyl groups excluding tert-OH is 1. The Hall–Kier alpha value is -3.61. The van der Waals surface area contributed by atoms with Crippen molar-refractivity contribution >= 4 is 16.7 Å².